The van der Waals surface area contributed by atoms with Gasteiger partial charge >= 0.3 is 5.97 Å². The van der Waals surface area contributed by atoms with Crippen molar-refractivity contribution in [3.63, 3.8) is 0 Å². The van der Waals surface area contributed by atoms with Crippen LogP contribution in [0.2, 0.25) is 0 Å². The number of ether oxygens (including phenoxy) is 1. The molecular formula is C25H29FN2O3. The topological polar surface area (TPSA) is 63.5 Å². The van der Waals surface area contributed by atoms with Crippen LogP contribution >= 0.6 is 0 Å². The first-order chi connectivity index (χ1) is 14.8. The summed E-state index contributed by atoms with van der Waals surface area (Å²) in [4.78, 5) is 12.0. The Bertz CT molecular complexity index is 1040. The molecule has 0 saturated carbocycles. The zero-order chi connectivity index (χ0) is 22.5. The molecule has 5 nitrogen and oxygen atoms in total. The Morgan fingerprint density at radius 2 is 1.61 bits per heavy atom. The van der Waals surface area contributed by atoms with Crippen LogP contribution in [0.5, 0.6) is 5.75 Å². The van der Waals surface area contributed by atoms with Crippen LogP contribution < -0.4 is 10.1 Å². The molecule has 3 rings (SSSR count). The van der Waals surface area contributed by atoms with Gasteiger partial charge < -0.3 is 19.7 Å². The van der Waals surface area contributed by atoms with E-state index >= 15 is 0 Å². The maximum atomic E-state index is 13.2. The van der Waals surface area contributed by atoms with Crippen LogP contribution in [0.4, 0.5) is 4.39 Å². The van der Waals surface area contributed by atoms with Crippen molar-refractivity contribution >= 4 is 5.97 Å². The summed E-state index contributed by atoms with van der Waals surface area (Å²) in [7, 11) is 0. The normalized spacial score (nSPS) is 11.2. The predicted octanol–water partition coefficient (Wildman–Crippen LogP) is 5.07. The number of aromatic carboxylic acids is 1. The number of carboxylic acids is 1. The van der Waals surface area contributed by atoms with Gasteiger partial charge in [-0.2, -0.15) is 0 Å². The van der Waals surface area contributed by atoms with E-state index in [1.807, 2.05) is 56.5 Å². The monoisotopic (exact) mass is 424 g/mol. The average Bonchev–Trinajstić information content (AvgIpc) is 2.95. The summed E-state index contributed by atoms with van der Waals surface area (Å²) >= 11 is 0. The van der Waals surface area contributed by atoms with Gasteiger partial charge in [0.05, 0.1) is 11.7 Å². The van der Waals surface area contributed by atoms with Crippen molar-refractivity contribution in [3.05, 3.63) is 88.0 Å². The summed E-state index contributed by atoms with van der Waals surface area (Å²) in [6.07, 6.45) is 0.128. The summed E-state index contributed by atoms with van der Waals surface area (Å²) < 4.78 is 20.9. The van der Waals surface area contributed by atoms with Crippen molar-refractivity contribution in [2.45, 2.75) is 53.4 Å². The highest BCUT2D eigenvalue weighted by molar-refractivity contribution is 5.91. The first kappa shape index (κ1) is 22.6. The van der Waals surface area contributed by atoms with E-state index in [9.17, 15) is 14.3 Å². The molecule has 0 saturated heterocycles. The first-order valence-corrected chi connectivity index (χ1v) is 10.4. The molecule has 0 unspecified atom stereocenters. The number of benzene rings is 2. The highest BCUT2D eigenvalue weighted by atomic mass is 19.1. The van der Waals surface area contributed by atoms with Crippen LogP contribution in [0.15, 0.2) is 48.5 Å². The molecule has 164 valence electrons. The van der Waals surface area contributed by atoms with E-state index in [-0.39, 0.29) is 11.9 Å². The number of halogens is 1. The van der Waals surface area contributed by atoms with Gasteiger partial charge in [-0.1, -0.05) is 24.3 Å². The van der Waals surface area contributed by atoms with E-state index < -0.39 is 5.97 Å². The Balaban J connectivity index is 1.74. The van der Waals surface area contributed by atoms with Gasteiger partial charge in [0.15, 0.2) is 0 Å². The predicted molar refractivity (Wildman–Crippen MR) is 119 cm³/mol. The third kappa shape index (κ3) is 5.52. The molecule has 2 aromatic carbocycles. The van der Waals surface area contributed by atoms with Crippen molar-refractivity contribution in [1.29, 1.82) is 0 Å². The molecule has 0 bridgehead atoms. The summed E-state index contributed by atoms with van der Waals surface area (Å²) in [6.45, 7) is 9.27. The number of carbonyl (C=O) groups is 1. The van der Waals surface area contributed by atoms with Crippen LogP contribution in [-0.2, 0) is 19.6 Å². The molecule has 6 heteroatoms. The SMILES string of the molecule is Cc1c(CNCc2ccc(OC(C)C)cc2)c(C(=O)O)c(C)n1Cc1ccc(F)cc1. The Morgan fingerprint density at radius 3 is 2.19 bits per heavy atom. The van der Waals surface area contributed by atoms with Crippen LogP contribution in [-0.4, -0.2) is 21.7 Å². The van der Waals surface area contributed by atoms with E-state index in [4.69, 9.17) is 4.74 Å². The summed E-state index contributed by atoms with van der Waals surface area (Å²) in [5.41, 5.74) is 4.70. The fraction of sp³-hybridized carbons (Fsp3) is 0.320. The maximum absolute atomic E-state index is 13.2. The first-order valence-electron chi connectivity index (χ1n) is 10.4. The molecular weight excluding hydrogens is 395 g/mol. The van der Waals surface area contributed by atoms with Crippen molar-refractivity contribution in [2.75, 3.05) is 0 Å². The van der Waals surface area contributed by atoms with Crippen LogP contribution in [0.3, 0.4) is 0 Å². The van der Waals surface area contributed by atoms with Gasteiger partial charge in [-0.15, -0.1) is 0 Å². The van der Waals surface area contributed by atoms with E-state index in [0.717, 1.165) is 28.1 Å². The second kappa shape index (κ2) is 9.79. The van der Waals surface area contributed by atoms with E-state index in [0.29, 0.717) is 30.9 Å². The number of carboxylic acid groups (broad SMARTS) is 1. The van der Waals surface area contributed by atoms with Crippen molar-refractivity contribution in [2.24, 2.45) is 0 Å². The molecule has 0 aliphatic heterocycles. The molecule has 0 amide bonds. The average molecular weight is 425 g/mol. The lowest BCUT2D eigenvalue weighted by Gasteiger charge is -2.11. The van der Waals surface area contributed by atoms with Crippen molar-refractivity contribution < 1.29 is 19.0 Å². The highest BCUT2D eigenvalue weighted by Crippen LogP contribution is 2.24. The maximum Gasteiger partial charge on any atom is 0.337 e. The number of aromatic nitrogens is 1. The summed E-state index contributed by atoms with van der Waals surface area (Å²) in [5, 5.41) is 13.2. The second-order valence-corrected chi connectivity index (χ2v) is 7.96. The van der Waals surface area contributed by atoms with Gasteiger partial charge in [-0.3, -0.25) is 0 Å². The van der Waals surface area contributed by atoms with Gasteiger partial charge in [0.25, 0.3) is 0 Å². The second-order valence-electron chi connectivity index (χ2n) is 7.96. The Labute approximate surface area is 182 Å². The minimum Gasteiger partial charge on any atom is -0.491 e. The summed E-state index contributed by atoms with van der Waals surface area (Å²) in [5.74, 6) is -0.397. The Hall–Kier alpha value is -3.12. The molecule has 1 heterocycles. The fourth-order valence-corrected chi connectivity index (χ4v) is 3.75. The number of hydrogen-bond donors (Lipinski definition) is 2. The number of hydrogen-bond acceptors (Lipinski definition) is 3. The molecule has 0 aliphatic rings. The minimum absolute atomic E-state index is 0.128. The number of nitrogens with one attached hydrogen (secondary N) is 1. The van der Waals surface area contributed by atoms with E-state index in [1.165, 1.54) is 12.1 Å². The standard InChI is InChI=1S/C25H29FN2O3/c1-16(2)31-22-11-7-19(8-12-22)13-27-14-23-17(3)28(18(4)24(23)25(29)30)15-20-5-9-21(26)10-6-20/h5-12,16,27H,13-15H2,1-4H3,(H,29,30). The summed E-state index contributed by atoms with van der Waals surface area (Å²) in [6, 6.07) is 14.2. The molecule has 0 atom stereocenters. The molecule has 2 N–H and O–H groups in total. The number of rotatable bonds is 9. The largest absolute Gasteiger partial charge is 0.491 e. The van der Waals surface area contributed by atoms with Crippen molar-refractivity contribution in [1.82, 2.24) is 9.88 Å². The smallest absolute Gasteiger partial charge is 0.337 e. The Morgan fingerprint density at radius 1 is 1.00 bits per heavy atom. The third-order valence-corrected chi connectivity index (χ3v) is 5.30. The molecule has 1 aromatic heterocycles. The molecule has 0 fully saturated rings. The molecule has 0 radical (unpaired) electrons. The fourth-order valence-electron chi connectivity index (χ4n) is 3.75. The van der Waals surface area contributed by atoms with Crippen molar-refractivity contribution in [3.8, 4) is 5.75 Å². The van der Waals surface area contributed by atoms with E-state index in [2.05, 4.69) is 5.32 Å². The van der Waals surface area contributed by atoms with Crippen LogP contribution in [0.1, 0.15) is 52.3 Å². The van der Waals surface area contributed by atoms with Gasteiger partial charge in [0.1, 0.15) is 11.6 Å². The lowest BCUT2D eigenvalue weighted by Crippen LogP contribution is -2.15. The van der Waals surface area contributed by atoms with Gasteiger partial charge in [-0.25, -0.2) is 9.18 Å². The van der Waals surface area contributed by atoms with Gasteiger partial charge in [-0.05, 0) is 63.1 Å². The van der Waals surface area contributed by atoms with Crippen LogP contribution in [0.25, 0.3) is 0 Å². The minimum atomic E-state index is -0.939. The molecule has 0 aliphatic carbocycles. The zero-order valence-electron chi connectivity index (χ0n) is 18.4. The Kier molecular flexibility index (Phi) is 7.13. The van der Waals surface area contributed by atoms with Gasteiger partial charge in [0, 0.05) is 36.6 Å². The molecule has 3 aromatic rings. The lowest BCUT2D eigenvalue weighted by molar-refractivity contribution is 0.0694. The van der Waals surface area contributed by atoms with E-state index in [1.54, 1.807) is 12.1 Å². The van der Waals surface area contributed by atoms with Crippen LogP contribution in [0, 0.1) is 19.7 Å². The lowest BCUT2D eigenvalue weighted by atomic mass is 10.1. The highest BCUT2D eigenvalue weighted by Gasteiger charge is 2.22. The molecule has 31 heavy (non-hydrogen) atoms. The van der Waals surface area contributed by atoms with Gasteiger partial charge in [0.2, 0.25) is 0 Å². The number of nitrogens with zero attached hydrogens (tertiary/aromatic N) is 1. The quantitative estimate of drug-likeness (QED) is 0.504. The molecule has 0 spiro atoms. The zero-order valence-corrected chi connectivity index (χ0v) is 18.4. The third-order valence-electron chi connectivity index (χ3n) is 5.30.